The molecule has 0 unspecified atom stereocenters. The number of nitrogens with one attached hydrogen (secondary N) is 2. The highest BCUT2D eigenvalue weighted by Gasteiger charge is 2.24. The molecule has 2 aromatic carbocycles. The van der Waals surface area contributed by atoms with Gasteiger partial charge in [-0.2, -0.15) is 0 Å². The van der Waals surface area contributed by atoms with Crippen LogP contribution in [0.2, 0.25) is 0 Å². The van der Waals surface area contributed by atoms with Gasteiger partial charge in [-0.15, -0.1) is 0 Å². The third kappa shape index (κ3) is 4.59. The normalized spacial score (nSPS) is 14.8. The molecule has 1 fully saturated rings. The number of urea groups is 1. The molecule has 0 spiro atoms. The maximum Gasteiger partial charge on any atom is 0.319 e. The average molecular weight is 337 g/mol. The Hall–Kier alpha value is -2.82. The molecule has 0 aromatic heterocycles. The van der Waals surface area contributed by atoms with Crippen molar-refractivity contribution in [3.63, 3.8) is 0 Å². The maximum absolute atomic E-state index is 12.5. The summed E-state index contributed by atoms with van der Waals surface area (Å²) in [6.07, 6.45) is 1.53. The van der Waals surface area contributed by atoms with Crippen LogP contribution in [0.4, 0.5) is 10.5 Å². The first-order valence-electron chi connectivity index (χ1n) is 8.60. The van der Waals surface area contributed by atoms with Crippen LogP contribution in [0.1, 0.15) is 28.8 Å². The zero-order valence-electron chi connectivity index (χ0n) is 14.4. The molecule has 5 nitrogen and oxygen atoms in total. The fourth-order valence-corrected chi connectivity index (χ4v) is 3.06. The predicted molar refractivity (Wildman–Crippen MR) is 98.7 cm³/mol. The van der Waals surface area contributed by atoms with Crippen LogP contribution in [0.3, 0.4) is 0 Å². The number of hydrogen-bond donors (Lipinski definition) is 2. The van der Waals surface area contributed by atoms with Crippen molar-refractivity contribution in [2.24, 2.45) is 0 Å². The van der Waals surface area contributed by atoms with Crippen LogP contribution >= 0.6 is 0 Å². The molecule has 1 aliphatic rings. The third-order valence-corrected chi connectivity index (χ3v) is 4.41. The summed E-state index contributed by atoms with van der Waals surface area (Å²) in [5, 5.41) is 5.81. The fraction of sp³-hybridized carbons (Fsp3) is 0.300. The summed E-state index contributed by atoms with van der Waals surface area (Å²) in [5.74, 6) is 0.0656. The number of carbonyl (C=O) groups excluding carboxylic acids is 2. The van der Waals surface area contributed by atoms with Gasteiger partial charge in [0, 0.05) is 30.4 Å². The summed E-state index contributed by atoms with van der Waals surface area (Å²) in [4.78, 5) is 26.5. The average Bonchev–Trinajstić information content (AvgIpc) is 2.62. The van der Waals surface area contributed by atoms with E-state index in [9.17, 15) is 9.59 Å². The van der Waals surface area contributed by atoms with Crippen molar-refractivity contribution in [1.82, 2.24) is 10.2 Å². The lowest BCUT2D eigenvalue weighted by Gasteiger charge is -2.32. The second-order valence-corrected chi connectivity index (χ2v) is 6.40. The number of carbonyl (C=O) groups is 2. The highest BCUT2D eigenvalue weighted by Crippen LogP contribution is 2.15. The lowest BCUT2D eigenvalue weighted by atomic mass is 10.0. The van der Waals surface area contributed by atoms with Gasteiger partial charge in [0.15, 0.2) is 0 Å². The van der Waals surface area contributed by atoms with Crippen molar-refractivity contribution in [2.45, 2.75) is 25.8 Å². The second-order valence-electron chi connectivity index (χ2n) is 6.40. The Morgan fingerprint density at radius 3 is 2.40 bits per heavy atom. The van der Waals surface area contributed by atoms with E-state index in [4.69, 9.17) is 0 Å². The van der Waals surface area contributed by atoms with Gasteiger partial charge in [-0.1, -0.05) is 35.9 Å². The van der Waals surface area contributed by atoms with E-state index in [0.29, 0.717) is 13.1 Å². The van der Waals surface area contributed by atoms with E-state index < -0.39 is 0 Å². The van der Waals surface area contributed by atoms with Gasteiger partial charge in [-0.25, -0.2) is 4.79 Å². The van der Waals surface area contributed by atoms with Gasteiger partial charge in [-0.3, -0.25) is 4.79 Å². The molecule has 0 radical (unpaired) electrons. The summed E-state index contributed by atoms with van der Waals surface area (Å²) >= 11 is 0. The zero-order chi connectivity index (χ0) is 17.6. The third-order valence-electron chi connectivity index (χ3n) is 4.41. The van der Waals surface area contributed by atoms with Gasteiger partial charge in [0.1, 0.15) is 0 Å². The first-order chi connectivity index (χ1) is 12.1. The van der Waals surface area contributed by atoms with Crippen LogP contribution in [0.5, 0.6) is 0 Å². The van der Waals surface area contributed by atoms with Crippen LogP contribution in [0.25, 0.3) is 0 Å². The lowest BCUT2D eigenvalue weighted by molar-refractivity contribution is 0.0709. The molecule has 1 aliphatic heterocycles. The zero-order valence-corrected chi connectivity index (χ0v) is 14.4. The fourth-order valence-electron chi connectivity index (χ4n) is 3.06. The van der Waals surface area contributed by atoms with Crippen LogP contribution in [0.15, 0.2) is 54.6 Å². The largest absolute Gasteiger partial charge is 0.338 e. The van der Waals surface area contributed by atoms with Crippen molar-refractivity contribution < 1.29 is 9.59 Å². The Balaban J connectivity index is 1.48. The molecule has 0 bridgehead atoms. The monoisotopic (exact) mass is 337 g/mol. The van der Waals surface area contributed by atoms with Gasteiger partial charge >= 0.3 is 6.03 Å². The second kappa shape index (κ2) is 7.83. The Kier molecular flexibility index (Phi) is 5.33. The quantitative estimate of drug-likeness (QED) is 0.901. The number of anilines is 1. The Morgan fingerprint density at radius 1 is 1.00 bits per heavy atom. The number of benzene rings is 2. The van der Waals surface area contributed by atoms with Gasteiger partial charge < -0.3 is 15.5 Å². The summed E-state index contributed by atoms with van der Waals surface area (Å²) < 4.78 is 0. The van der Waals surface area contributed by atoms with Gasteiger partial charge in [0.25, 0.3) is 5.91 Å². The molecule has 3 amide bonds. The minimum atomic E-state index is -0.199. The topological polar surface area (TPSA) is 61.4 Å². The number of nitrogens with zero attached hydrogens (tertiary/aromatic N) is 1. The van der Waals surface area contributed by atoms with Gasteiger partial charge in [0.2, 0.25) is 0 Å². The van der Waals surface area contributed by atoms with E-state index in [-0.39, 0.29) is 18.0 Å². The first kappa shape index (κ1) is 17.0. The predicted octanol–water partition coefficient (Wildman–Crippen LogP) is 3.42. The molecular weight excluding hydrogens is 314 g/mol. The molecule has 5 heteroatoms. The van der Waals surface area contributed by atoms with E-state index >= 15 is 0 Å². The Labute approximate surface area is 148 Å². The van der Waals surface area contributed by atoms with Crippen LogP contribution in [-0.2, 0) is 0 Å². The van der Waals surface area contributed by atoms with E-state index in [0.717, 1.165) is 29.7 Å². The summed E-state index contributed by atoms with van der Waals surface area (Å²) in [7, 11) is 0. The highest BCUT2D eigenvalue weighted by atomic mass is 16.2. The van der Waals surface area contributed by atoms with Crippen LogP contribution < -0.4 is 10.6 Å². The van der Waals surface area contributed by atoms with E-state index in [1.807, 2.05) is 66.4 Å². The number of likely N-dealkylation sites (tertiary alicyclic amines) is 1. The lowest BCUT2D eigenvalue weighted by Crippen LogP contribution is -2.47. The molecule has 0 saturated carbocycles. The molecule has 2 aromatic rings. The van der Waals surface area contributed by atoms with Crippen molar-refractivity contribution >= 4 is 17.6 Å². The molecule has 2 N–H and O–H groups in total. The SMILES string of the molecule is Cc1cccc(C(=O)N2CCC(NC(=O)Nc3ccccc3)CC2)c1. The van der Waals surface area contributed by atoms with E-state index in [1.165, 1.54) is 0 Å². The molecule has 0 atom stereocenters. The number of piperidine rings is 1. The molecule has 130 valence electrons. The summed E-state index contributed by atoms with van der Waals surface area (Å²) in [5.41, 5.74) is 2.58. The maximum atomic E-state index is 12.5. The van der Waals surface area contributed by atoms with Crippen molar-refractivity contribution in [3.05, 3.63) is 65.7 Å². The number of aryl methyl sites for hydroxylation is 1. The molecular formula is C20H23N3O2. The van der Waals surface area contributed by atoms with Crippen LogP contribution in [-0.4, -0.2) is 36.0 Å². The summed E-state index contributed by atoms with van der Waals surface area (Å²) in [6, 6.07) is 16.9. The van der Waals surface area contributed by atoms with Crippen molar-refractivity contribution in [1.29, 1.82) is 0 Å². The van der Waals surface area contributed by atoms with Crippen molar-refractivity contribution in [2.75, 3.05) is 18.4 Å². The highest BCUT2D eigenvalue weighted by molar-refractivity contribution is 5.94. The number of amides is 3. The van der Waals surface area contributed by atoms with Gasteiger partial charge in [0.05, 0.1) is 0 Å². The molecule has 1 saturated heterocycles. The Bertz CT molecular complexity index is 738. The molecule has 1 heterocycles. The van der Waals surface area contributed by atoms with E-state index in [1.54, 1.807) is 0 Å². The number of para-hydroxylation sites is 1. The molecule has 25 heavy (non-hydrogen) atoms. The Morgan fingerprint density at radius 2 is 1.72 bits per heavy atom. The minimum absolute atomic E-state index is 0.0656. The summed E-state index contributed by atoms with van der Waals surface area (Å²) in [6.45, 7) is 3.30. The van der Waals surface area contributed by atoms with E-state index in [2.05, 4.69) is 10.6 Å². The molecule has 0 aliphatic carbocycles. The standard InChI is InChI=1S/C20H23N3O2/c1-15-6-5-7-16(14-15)19(24)23-12-10-18(11-13-23)22-20(25)21-17-8-3-2-4-9-17/h2-9,14,18H,10-13H2,1H3,(H2,21,22,25). The van der Waals surface area contributed by atoms with Gasteiger partial charge in [-0.05, 0) is 44.0 Å². The minimum Gasteiger partial charge on any atom is -0.338 e. The molecule has 3 rings (SSSR count). The smallest absolute Gasteiger partial charge is 0.319 e. The number of rotatable bonds is 3. The van der Waals surface area contributed by atoms with Crippen LogP contribution in [0, 0.1) is 6.92 Å². The first-order valence-corrected chi connectivity index (χ1v) is 8.60. The number of hydrogen-bond acceptors (Lipinski definition) is 2. The van der Waals surface area contributed by atoms with Crippen molar-refractivity contribution in [3.8, 4) is 0 Å².